The lowest BCUT2D eigenvalue weighted by atomic mass is 10.0. The van der Waals surface area contributed by atoms with Crippen molar-refractivity contribution in [3.8, 4) is 11.3 Å². The van der Waals surface area contributed by atoms with E-state index < -0.39 is 0 Å². The van der Waals surface area contributed by atoms with E-state index in [0.29, 0.717) is 24.7 Å². The molecular formula is C28H35N5O3. The zero-order chi connectivity index (χ0) is 24.6. The number of morpholine rings is 1. The van der Waals surface area contributed by atoms with Crippen LogP contribution in [0, 0.1) is 0 Å². The molecule has 0 unspecified atom stereocenters. The summed E-state index contributed by atoms with van der Waals surface area (Å²) in [6.07, 6.45) is 2.13. The van der Waals surface area contributed by atoms with Crippen LogP contribution in [0.4, 0.5) is 5.69 Å². The second-order valence-corrected chi connectivity index (χ2v) is 9.45. The van der Waals surface area contributed by atoms with Crippen LogP contribution in [0.2, 0.25) is 0 Å². The molecule has 8 heteroatoms. The van der Waals surface area contributed by atoms with Crippen LogP contribution in [0.25, 0.3) is 11.3 Å². The lowest BCUT2D eigenvalue weighted by Crippen LogP contribution is -2.42. The number of hydrogen-bond acceptors (Lipinski definition) is 7. The predicted molar refractivity (Wildman–Crippen MR) is 140 cm³/mol. The number of nitrogens with zero attached hydrogens (tertiary/aromatic N) is 3. The second kappa shape index (κ2) is 12.2. The molecule has 2 fully saturated rings. The number of aromatic nitrogens is 1. The summed E-state index contributed by atoms with van der Waals surface area (Å²) in [7, 11) is 0. The number of benzene rings is 2. The number of carbonyl (C=O) groups excluding carboxylic acids is 1. The van der Waals surface area contributed by atoms with Crippen LogP contribution in [-0.2, 0) is 11.3 Å². The SMILES string of the molecule is O=C(NCCN1CCOCC1)c1ccc(N2CCC(NCc3cc(-c4ccccc4)on3)CC2)cc1. The van der Waals surface area contributed by atoms with Gasteiger partial charge < -0.3 is 24.8 Å². The fourth-order valence-corrected chi connectivity index (χ4v) is 4.80. The Morgan fingerprint density at radius 2 is 1.72 bits per heavy atom. The number of anilines is 1. The normalized spacial score (nSPS) is 17.3. The third kappa shape index (κ3) is 6.51. The van der Waals surface area contributed by atoms with Crippen LogP contribution >= 0.6 is 0 Å². The van der Waals surface area contributed by atoms with Crippen LogP contribution < -0.4 is 15.5 Å². The molecule has 2 saturated heterocycles. The van der Waals surface area contributed by atoms with Crippen LogP contribution in [0.5, 0.6) is 0 Å². The summed E-state index contributed by atoms with van der Waals surface area (Å²) in [5.74, 6) is 0.789. The first-order valence-electron chi connectivity index (χ1n) is 12.9. The van der Waals surface area contributed by atoms with Crippen LogP contribution in [0.15, 0.2) is 65.2 Å². The van der Waals surface area contributed by atoms with E-state index in [1.54, 1.807) is 0 Å². The third-order valence-corrected chi connectivity index (χ3v) is 7.00. The Kier molecular flexibility index (Phi) is 8.28. The molecule has 3 aromatic rings. The number of nitrogens with one attached hydrogen (secondary N) is 2. The van der Waals surface area contributed by atoms with E-state index in [2.05, 4.69) is 37.7 Å². The summed E-state index contributed by atoms with van der Waals surface area (Å²) in [6.45, 7) is 7.62. The smallest absolute Gasteiger partial charge is 0.251 e. The first kappa shape index (κ1) is 24.5. The van der Waals surface area contributed by atoms with Crippen molar-refractivity contribution in [3.63, 3.8) is 0 Å². The van der Waals surface area contributed by atoms with Crippen molar-refractivity contribution in [2.45, 2.75) is 25.4 Å². The van der Waals surface area contributed by atoms with Gasteiger partial charge in [0.15, 0.2) is 5.76 Å². The van der Waals surface area contributed by atoms with Crippen molar-refractivity contribution in [2.75, 3.05) is 57.4 Å². The summed E-state index contributed by atoms with van der Waals surface area (Å²) in [5.41, 5.74) is 3.85. The summed E-state index contributed by atoms with van der Waals surface area (Å²) in [5, 5.41) is 10.9. The summed E-state index contributed by atoms with van der Waals surface area (Å²) in [4.78, 5) is 17.2. The van der Waals surface area contributed by atoms with Gasteiger partial charge in [-0.25, -0.2) is 0 Å². The number of piperidine rings is 1. The molecule has 0 saturated carbocycles. The van der Waals surface area contributed by atoms with Gasteiger partial charge in [0, 0.05) is 74.7 Å². The number of carbonyl (C=O) groups is 1. The molecule has 2 N–H and O–H groups in total. The lowest BCUT2D eigenvalue weighted by Gasteiger charge is -2.34. The largest absolute Gasteiger partial charge is 0.379 e. The van der Waals surface area contributed by atoms with E-state index in [1.807, 2.05) is 48.5 Å². The van der Waals surface area contributed by atoms with Gasteiger partial charge in [0.05, 0.1) is 18.9 Å². The first-order valence-corrected chi connectivity index (χ1v) is 12.9. The Hall–Kier alpha value is -3.20. The maximum atomic E-state index is 12.5. The Morgan fingerprint density at radius 3 is 2.47 bits per heavy atom. The van der Waals surface area contributed by atoms with Crippen molar-refractivity contribution in [1.29, 1.82) is 0 Å². The molecule has 190 valence electrons. The molecule has 0 atom stereocenters. The highest BCUT2D eigenvalue weighted by Crippen LogP contribution is 2.22. The minimum absolute atomic E-state index is 0.0130. The number of amides is 1. The van der Waals surface area contributed by atoms with E-state index in [9.17, 15) is 4.79 Å². The van der Waals surface area contributed by atoms with E-state index in [-0.39, 0.29) is 5.91 Å². The van der Waals surface area contributed by atoms with Crippen molar-refractivity contribution >= 4 is 11.6 Å². The highest BCUT2D eigenvalue weighted by atomic mass is 16.5. The molecule has 5 rings (SSSR count). The van der Waals surface area contributed by atoms with Gasteiger partial charge in [-0.05, 0) is 37.1 Å². The number of hydrogen-bond donors (Lipinski definition) is 2. The molecule has 0 aliphatic carbocycles. The maximum Gasteiger partial charge on any atom is 0.251 e. The summed E-state index contributed by atoms with van der Waals surface area (Å²) in [6, 6.07) is 20.5. The van der Waals surface area contributed by atoms with Gasteiger partial charge in [-0.2, -0.15) is 0 Å². The fraction of sp³-hybridized carbons (Fsp3) is 0.429. The number of ether oxygens (including phenoxy) is 1. The topological polar surface area (TPSA) is 82.9 Å². The standard InChI is InChI=1S/C28H35N5O3/c34-28(29-12-15-32-16-18-35-19-17-32)23-6-8-26(9-7-23)33-13-10-24(11-14-33)30-21-25-20-27(36-31-25)22-4-2-1-3-5-22/h1-9,20,24,30H,10-19,21H2,(H,29,34). The Bertz CT molecular complexity index is 1090. The molecule has 0 bridgehead atoms. The average molecular weight is 490 g/mol. The van der Waals surface area contributed by atoms with Gasteiger partial charge >= 0.3 is 0 Å². The molecular weight excluding hydrogens is 454 g/mol. The molecule has 2 aromatic carbocycles. The van der Waals surface area contributed by atoms with Crippen LogP contribution in [0.1, 0.15) is 28.9 Å². The van der Waals surface area contributed by atoms with Crippen LogP contribution in [0.3, 0.4) is 0 Å². The highest BCUT2D eigenvalue weighted by molar-refractivity contribution is 5.94. The molecule has 2 aliphatic rings. The van der Waals surface area contributed by atoms with Gasteiger partial charge in [-0.3, -0.25) is 9.69 Å². The van der Waals surface area contributed by atoms with Gasteiger partial charge in [0.25, 0.3) is 5.91 Å². The molecule has 8 nitrogen and oxygen atoms in total. The van der Waals surface area contributed by atoms with Crippen molar-refractivity contribution in [1.82, 2.24) is 20.7 Å². The second-order valence-electron chi connectivity index (χ2n) is 9.45. The van der Waals surface area contributed by atoms with Crippen molar-refractivity contribution in [2.24, 2.45) is 0 Å². The third-order valence-electron chi connectivity index (χ3n) is 7.00. The van der Waals surface area contributed by atoms with Gasteiger partial charge in [0.2, 0.25) is 0 Å². The molecule has 2 aliphatic heterocycles. The summed E-state index contributed by atoms with van der Waals surface area (Å²) >= 11 is 0. The van der Waals surface area contributed by atoms with Crippen LogP contribution in [-0.4, -0.2) is 74.5 Å². The monoisotopic (exact) mass is 489 g/mol. The van der Waals surface area contributed by atoms with E-state index in [4.69, 9.17) is 9.26 Å². The first-order chi connectivity index (χ1) is 17.7. The molecule has 1 aromatic heterocycles. The maximum absolute atomic E-state index is 12.5. The zero-order valence-corrected chi connectivity index (χ0v) is 20.7. The molecule has 3 heterocycles. The zero-order valence-electron chi connectivity index (χ0n) is 20.7. The van der Waals surface area contributed by atoms with Gasteiger partial charge in [-0.1, -0.05) is 35.5 Å². The van der Waals surface area contributed by atoms with E-state index in [0.717, 1.165) is 75.8 Å². The predicted octanol–water partition coefficient (Wildman–Crippen LogP) is 3.16. The van der Waals surface area contributed by atoms with Crippen molar-refractivity contribution in [3.05, 3.63) is 71.9 Å². The average Bonchev–Trinajstić information content (AvgIpc) is 3.43. The minimum atomic E-state index is -0.0130. The van der Waals surface area contributed by atoms with Crippen molar-refractivity contribution < 1.29 is 14.1 Å². The summed E-state index contributed by atoms with van der Waals surface area (Å²) < 4.78 is 10.9. The molecule has 36 heavy (non-hydrogen) atoms. The van der Waals surface area contributed by atoms with E-state index >= 15 is 0 Å². The quantitative estimate of drug-likeness (QED) is 0.478. The molecule has 0 spiro atoms. The molecule has 1 amide bonds. The fourth-order valence-electron chi connectivity index (χ4n) is 4.80. The van der Waals surface area contributed by atoms with Gasteiger partial charge in [-0.15, -0.1) is 0 Å². The highest BCUT2D eigenvalue weighted by Gasteiger charge is 2.20. The molecule has 0 radical (unpaired) electrons. The Morgan fingerprint density at radius 1 is 0.972 bits per heavy atom. The minimum Gasteiger partial charge on any atom is -0.379 e. The Balaban J connectivity index is 1.03. The van der Waals surface area contributed by atoms with Gasteiger partial charge in [0.1, 0.15) is 0 Å². The lowest BCUT2D eigenvalue weighted by molar-refractivity contribution is 0.0383. The Labute approximate surface area is 212 Å². The van der Waals surface area contributed by atoms with E-state index in [1.165, 1.54) is 5.69 Å². The number of rotatable bonds is 9.